The molecule has 0 bridgehead atoms. The molecular weight excluding hydrogens is 234 g/mol. The van der Waals surface area contributed by atoms with Gasteiger partial charge in [-0.15, -0.1) is 0 Å². The summed E-state index contributed by atoms with van der Waals surface area (Å²) in [5.74, 6) is -0.0113. The molecule has 2 amide bonds. The molecule has 1 N–H and O–H groups in total. The van der Waals surface area contributed by atoms with Crippen molar-refractivity contribution in [2.24, 2.45) is 0 Å². The number of carbonyl (C=O) groups excluding carboxylic acids is 2. The third kappa shape index (κ3) is 2.58. The summed E-state index contributed by atoms with van der Waals surface area (Å²) in [5, 5.41) is 11.5. The SMILES string of the molecule is N#Cc1ccccc1OC(=O)N1CCNC(=O)C1. The Kier molecular flexibility index (Phi) is 3.44. The van der Waals surface area contributed by atoms with Crippen LogP contribution in [0, 0.1) is 11.3 Å². The van der Waals surface area contributed by atoms with Crippen molar-refractivity contribution in [3.05, 3.63) is 29.8 Å². The molecule has 1 aromatic rings. The first-order valence-corrected chi connectivity index (χ1v) is 5.43. The van der Waals surface area contributed by atoms with Gasteiger partial charge in [0.1, 0.15) is 12.6 Å². The standard InChI is InChI=1S/C12H11N3O3/c13-7-9-3-1-2-4-10(9)18-12(17)15-6-5-14-11(16)8-15/h1-4H,5-6,8H2,(H,14,16). The maximum Gasteiger partial charge on any atom is 0.415 e. The molecule has 0 saturated carbocycles. The van der Waals surface area contributed by atoms with Crippen molar-refractivity contribution in [2.45, 2.75) is 0 Å². The van der Waals surface area contributed by atoms with Crippen molar-refractivity contribution in [3.8, 4) is 11.8 Å². The highest BCUT2D eigenvalue weighted by molar-refractivity contribution is 5.84. The number of hydrogen-bond acceptors (Lipinski definition) is 4. The molecule has 0 atom stereocenters. The number of piperazine rings is 1. The van der Waals surface area contributed by atoms with Crippen LogP contribution < -0.4 is 10.1 Å². The van der Waals surface area contributed by atoms with E-state index in [0.29, 0.717) is 13.1 Å². The Bertz CT molecular complexity index is 522. The lowest BCUT2D eigenvalue weighted by Gasteiger charge is -2.25. The Morgan fingerprint density at radius 3 is 2.94 bits per heavy atom. The van der Waals surface area contributed by atoms with E-state index < -0.39 is 6.09 Å². The first-order valence-electron chi connectivity index (χ1n) is 5.43. The maximum absolute atomic E-state index is 11.8. The van der Waals surface area contributed by atoms with Gasteiger partial charge >= 0.3 is 6.09 Å². The van der Waals surface area contributed by atoms with Crippen LogP contribution in [-0.4, -0.2) is 36.5 Å². The normalized spacial score (nSPS) is 14.6. The fourth-order valence-electron chi connectivity index (χ4n) is 1.60. The molecule has 0 unspecified atom stereocenters. The molecule has 6 nitrogen and oxygen atoms in total. The maximum atomic E-state index is 11.8. The van der Waals surface area contributed by atoms with Gasteiger partial charge in [0.05, 0.1) is 5.56 Å². The average Bonchev–Trinajstić information content (AvgIpc) is 2.39. The van der Waals surface area contributed by atoms with E-state index in [1.165, 1.54) is 4.90 Å². The predicted molar refractivity (Wildman–Crippen MR) is 61.8 cm³/mol. The molecule has 0 aliphatic carbocycles. The molecule has 1 aliphatic rings. The van der Waals surface area contributed by atoms with Crippen molar-refractivity contribution in [3.63, 3.8) is 0 Å². The largest absolute Gasteiger partial charge is 0.415 e. The number of hydrogen-bond donors (Lipinski definition) is 1. The van der Waals surface area contributed by atoms with E-state index in [9.17, 15) is 9.59 Å². The monoisotopic (exact) mass is 245 g/mol. The van der Waals surface area contributed by atoms with Crippen LogP contribution in [0.15, 0.2) is 24.3 Å². The molecule has 0 aromatic heterocycles. The molecule has 92 valence electrons. The molecule has 0 radical (unpaired) electrons. The minimum Gasteiger partial charge on any atom is -0.409 e. The number of nitrogens with zero attached hydrogens (tertiary/aromatic N) is 2. The van der Waals surface area contributed by atoms with Crippen molar-refractivity contribution in [2.75, 3.05) is 19.6 Å². The van der Waals surface area contributed by atoms with Crippen LogP contribution >= 0.6 is 0 Å². The first kappa shape index (κ1) is 11.9. The second-order valence-electron chi connectivity index (χ2n) is 3.75. The van der Waals surface area contributed by atoms with E-state index in [-0.39, 0.29) is 23.8 Å². The second kappa shape index (κ2) is 5.19. The molecule has 6 heteroatoms. The van der Waals surface area contributed by atoms with Gasteiger partial charge in [0.2, 0.25) is 5.91 Å². The Balaban J connectivity index is 2.07. The molecular formula is C12H11N3O3. The molecule has 1 fully saturated rings. The first-order chi connectivity index (χ1) is 8.70. The minimum absolute atomic E-state index is 0.0203. The van der Waals surface area contributed by atoms with Gasteiger partial charge < -0.3 is 10.1 Å². The summed E-state index contributed by atoms with van der Waals surface area (Å²) in [6.45, 7) is 0.792. The zero-order valence-electron chi connectivity index (χ0n) is 9.55. The molecule has 0 spiro atoms. The summed E-state index contributed by atoms with van der Waals surface area (Å²) in [6, 6.07) is 8.40. The lowest BCUT2D eigenvalue weighted by molar-refractivity contribution is -0.123. The topological polar surface area (TPSA) is 82.4 Å². The van der Waals surface area contributed by atoms with Gasteiger partial charge in [0.15, 0.2) is 5.75 Å². The van der Waals surface area contributed by atoms with Gasteiger partial charge in [-0.3, -0.25) is 9.69 Å². The second-order valence-corrected chi connectivity index (χ2v) is 3.75. The Morgan fingerprint density at radius 1 is 1.44 bits per heavy atom. The fraction of sp³-hybridized carbons (Fsp3) is 0.250. The lowest BCUT2D eigenvalue weighted by Crippen LogP contribution is -2.50. The van der Waals surface area contributed by atoms with Crippen molar-refractivity contribution in [1.82, 2.24) is 10.2 Å². The summed E-state index contributed by atoms with van der Waals surface area (Å²) >= 11 is 0. The molecule has 18 heavy (non-hydrogen) atoms. The lowest BCUT2D eigenvalue weighted by atomic mass is 10.2. The van der Waals surface area contributed by atoms with Gasteiger partial charge in [-0.05, 0) is 12.1 Å². The number of carbonyl (C=O) groups is 2. The van der Waals surface area contributed by atoms with E-state index in [4.69, 9.17) is 10.00 Å². The Hall–Kier alpha value is -2.55. The van der Waals surface area contributed by atoms with E-state index in [1.54, 1.807) is 24.3 Å². The highest BCUT2D eigenvalue weighted by Crippen LogP contribution is 2.17. The average molecular weight is 245 g/mol. The van der Waals surface area contributed by atoms with Gasteiger partial charge in [0, 0.05) is 13.1 Å². The summed E-state index contributed by atoms with van der Waals surface area (Å²) in [5.41, 5.74) is 0.285. The number of para-hydroxylation sites is 1. The van der Waals surface area contributed by atoms with Crippen LogP contribution in [0.25, 0.3) is 0 Å². The van der Waals surface area contributed by atoms with Crippen LogP contribution in [0.1, 0.15) is 5.56 Å². The highest BCUT2D eigenvalue weighted by atomic mass is 16.6. The highest BCUT2D eigenvalue weighted by Gasteiger charge is 2.23. The zero-order valence-corrected chi connectivity index (χ0v) is 9.55. The summed E-state index contributed by atoms with van der Waals surface area (Å²) in [7, 11) is 0. The minimum atomic E-state index is -0.618. The van der Waals surface area contributed by atoms with Crippen molar-refractivity contribution >= 4 is 12.0 Å². The Morgan fingerprint density at radius 2 is 2.22 bits per heavy atom. The smallest absolute Gasteiger partial charge is 0.409 e. The van der Waals surface area contributed by atoms with Crippen LogP contribution in [0.5, 0.6) is 5.75 Å². The summed E-state index contributed by atoms with van der Waals surface area (Å²) < 4.78 is 5.11. The molecule has 1 heterocycles. The van der Waals surface area contributed by atoms with E-state index in [2.05, 4.69) is 5.32 Å². The molecule has 1 saturated heterocycles. The van der Waals surface area contributed by atoms with E-state index in [1.807, 2.05) is 6.07 Å². The number of nitriles is 1. The molecule has 1 aliphatic heterocycles. The van der Waals surface area contributed by atoms with Gasteiger partial charge in [-0.1, -0.05) is 12.1 Å². The van der Waals surface area contributed by atoms with Gasteiger partial charge in [-0.2, -0.15) is 5.26 Å². The third-order valence-corrected chi connectivity index (χ3v) is 2.50. The summed E-state index contributed by atoms with van der Waals surface area (Å²) in [6.07, 6.45) is -0.618. The summed E-state index contributed by atoms with van der Waals surface area (Å²) in [4.78, 5) is 24.2. The predicted octanol–water partition coefficient (Wildman–Crippen LogP) is 0.489. The number of benzene rings is 1. The molecule has 1 aromatic carbocycles. The van der Waals surface area contributed by atoms with E-state index in [0.717, 1.165) is 0 Å². The van der Waals surface area contributed by atoms with Crippen molar-refractivity contribution < 1.29 is 14.3 Å². The van der Waals surface area contributed by atoms with E-state index >= 15 is 0 Å². The zero-order chi connectivity index (χ0) is 13.0. The van der Waals surface area contributed by atoms with Crippen molar-refractivity contribution in [1.29, 1.82) is 5.26 Å². The number of ether oxygens (including phenoxy) is 1. The Labute approximate surface area is 104 Å². The fourth-order valence-corrected chi connectivity index (χ4v) is 1.60. The number of nitrogens with one attached hydrogen (secondary N) is 1. The van der Waals surface area contributed by atoms with Crippen LogP contribution in [0.2, 0.25) is 0 Å². The van der Waals surface area contributed by atoms with Gasteiger partial charge in [-0.25, -0.2) is 4.79 Å². The number of amides is 2. The molecule has 2 rings (SSSR count). The quantitative estimate of drug-likeness (QED) is 0.780. The third-order valence-electron chi connectivity index (χ3n) is 2.50. The van der Waals surface area contributed by atoms with Crippen LogP contribution in [0.4, 0.5) is 4.79 Å². The number of rotatable bonds is 1. The van der Waals surface area contributed by atoms with Crippen LogP contribution in [0.3, 0.4) is 0 Å². The van der Waals surface area contributed by atoms with Gasteiger partial charge in [0.25, 0.3) is 0 Å². The van der Waals surface area contributed by atoms with Crippen LogP contribution in [-0.2, 0) is 4.79 Å².